The number of rotatable bonds is 3. The Labute approximate surface area is 242 Å². The first kappa shape index (κ1) is 26.3. The Morgan fingerprint density at radius 3 is 2.39 bits per heavy atom. The number of hydrogen-bond donors (Lipinski definition) is 2. The summed E-state index contributed by atoms with van der Waals surface area (Å²) in [6, 6.07) is 12.5. The number of Topliss-reactive ketones (excluding diaryl/α,β-unsaturated/α-hetero) is 1. The smallest absolute Gasteiger partial charge is 0.179 e. The Balaban J connectivity index is 1.53. The summed E-state index contributed by atoms with van der Waals surface area (Å²) in [5, 5.41) is 22.4. The van der Waals surface area contributed by atoms with Crippen LogP contribution in [0.5, 0.6) is 11.5 Å². The summed E-state index contributed by atoms with van der Waals surface area (Å²) in [6.07, 6.45) is 6.00. The molecule has 4 heteroatoms. The number of fused-ring (bicyclic) bond motifs is 6. The number of aliphatic hydroxyl groups is 1. The minimum absolute atomic E-state index is 0.144. The fourth-order valence-corrected chi connectivity index (χ4v) is 9.02. The molecule has 0 radical (unpaired) electrons. The van der Waals surface area contributed by atoms with Crippen LogP contribution in [0.15, 0.2) is 54.6 Å². The van der Waals surface area contributed by atoms with Gasteiger partial charge in [-0.15, -0.1) is 6.58 Å². The van der Waals surface area contributed by atoms with E-state index < -0.39 is 11.0 Å². The number of allylic oxidation sites excluding steroid dienone is 2. The van der Waals surface area contributed by atoms with Crippen molar-refractivity contribution in [1.82, 2.24) is 0 Å². The lowest BCUT2D eigenvalue weighted by Gasteiger charge is -2.59. The van der Waals surface area contributed by atoms with Crippen LogP contribution in [-0.4, -0.2) is 28.7 Å². The van der Waals surface area contributed by atoms with Gasteiger partial charge < -0.3 is 14.9 Å². The first-order valence-electron chi connectivity index (χ1n) is 14.8. The summed E-state index contributed by atoms with van der Waals surface area (Å²) in [6.45, 7) is 12.3. The van der Waals surface area contributed by atoms with E-state index >= 15 is 0 Å². The molecule has 1 fully saturated rings. The van der Waals surface area contributed by atoms with Gasteiger partial charge in [0.05, 0.1) is 12.5 Å². The number of phenols is 1. The fourth-order valence-electron chi connectivity index (χ4n) is 9.02. The lowest BCUT2D eigenvalue weighted by Crippen LogP contribution is -2.62. The lowest BCUT2D eigenvalue weighted by molar-refractivity contribution is -0.154. The predicted molar refractivity (Wildman–Crippen MR) is 163 cm³/mol. The van der Waals surface area contributed by atoms with Crippen LogP contribution in [-0.2, 0) is 24.1 Å². The molecule has 0 saturated heterocycles. The molecule has 5 aliphatic rings. The quantitative estimate of drug-likeness (QED) is 0.344. The Morgan fingerprint density at radius 2 is 1.66 bits per heavy atom. The third-order valence-corrected chi connectivity index (χ3v) is 10.9. The molecule has 8 rings (SSSR count). The van der Waals surface area contributed by atoms with Crippen molar-refractivity contribution >= 4 is 11.4 Å². The molecule has 3 aromatic rings. The Kier molecular flexibility index (Phi) is 5.57. The van der Waals surface area contributed by atoms with Gasteiger partial charge in [0.25, 0.3) is 0 Å². The molecular formula is C37H38O4. The van der Waals surface area contributed by atoms with Gasteiger partial charge in [0.1, 0.15) is 17.1 Å². The van der Waals surface area contributed by atoms with E-state index in [1.54, 1.807) is 20.1 Å². The van der Waals surface area contributed by atoms with E-state index in [4.69, 9.17) is 4.74 Å². The second-order valence-corrected chi connectivity index (χ2v) is 12.8. The minimum Gasteiger partial charge on any atom is -0.508 e. The molecule has 210 valence electrons. The van der Waals surface area contributed by atoms with Gasteiger partial charge in [0.2, 0.25) is 0 Å². The highest BCUT2D eigenvalue weighted by atomic mass is 16.5. The fraction of sp³-hybridized carbons (Fsp3) is 0.378. The van der Waals surface area contributed by atoms with E-state index in [0.717, 1.165) is 64.8 Å². The van der Waals surface area contributed by atoms with Gasteiger partial charge in [-0.3, -0.25) is 4.79 Å². The van der Waals surface area contributed by atoms with Gasteiger partial charge in [-0.1, -0.05) is 41.5 Å². The Bertz CT molecular complexity index is 1720. The van der Waals surface area contributed by atoms with Crippen LogP contribution in [0.2, 0.25) is 0 Å². The zero-order valence-corrected chi connectivity index (χ0v) is 24.6. The van der Waals surface area contributed by atoms with Gasteiger partial charge in [0.15, 0.2) is 5.78 Å². The van der Waals surface area contributed by atoms with Crippen LogP contribution in [0.25, 0.3) is 16.7 Å². The van der Waals surface area contributed by atoms with E-state index in [1.165, 1.54) is 33.4 Å². The summed E-state index contributed by atoms with van der Waals surface area (Å²) in [4.78, 5) is 14.7. The highest BCUT2D eigenvalue weighted by Gasteiger charge is 2.66. The number of benzene rings is 3. The maximum Gasteiger partial charge on any atom is 0.179 e. The van der Waals surface area contributed by atoms with Crippen molar-refractivity contribution in [3.8, 4) is 22.6 Å². The number of ketones is 1. The van der Waals surface area contributed by atoms with Crippen molar-refractivity contribution in [2.45, 2.75) is 71.3 Å². The van der Waals surface area contributed by atoms with E-state index in [2.05, 4.69) is 38.6 Å². The van der Waals surface area contributed by atoms with Crippen molar-refractivity contribution in [2.75, 3.05) is 7.11 Å². The molecule has 3 aromatic carbocycles. The molecule has 1 saturated carbocycles. The van der Waals surface area contributed by atoms with Crippen LogP contribution in [0.3, 0.4) is 0 Å². The molecule has 0 amide bonds. The second-order valence-electron chi connectivity index (χ2n) is 12.8. The average Bonchev–Trinajstić information content (AvgIpc) is 2.96. The molecule has 0 aliphatic heterocycles. The normalized spacial score (nSPS) is 27.6. The second kappa shape index (κ2) is 8.69. The number of hydrogen-bond acceptors (Lipinski definition) is 4. The first-order chi connectivity index (χ1) is 19.6. The van der Waals surface area contributed by atoms with Crippen LogP contribution in [0.4, 0.5) is 0 Å². The van der Waals surface area contributed by atoms with Gasteiger partial charge in [0, 0.05) is 11.8 Å². The molecule has 0 unspecified atom stereocenters. The number of methoxy groups -OCH3 is 1. The topological polar surface area (TPSA) is 66.8 Å². The number of aromatic hydroxyl groups is 1. The van der Waals surface area contributed by atoms with E-state index in [9.17, 15) is 15.0 Å². The van der Waals surface area contributed by atoms with Crippen molar-refractivity contribution in [3.05, 3.63) is 99.1 Å². The predicted octanol–water partition coefficient (Wildman–Crippen LogP) is 7.10. The highest BCUT2D eigenvalue weighted by Crippen LogP contribution is 2.68. The maximum atomic E-state index is 14.7. The van der Waals surface area contributed by atoms with E-state index in [0.29, 0.717) is 12.2 Å². The molecule has 2 bridgehead atoms. The van der Waals surface area contributed by atoms with Crippen molar-refractivity contribution in [1.29, 1.82) is 0 Å². The average molecular weight is 547 g/mol. The zero-order chi connectivity index (χ0) is 29.0. The molecule has 41 heavy (non-hydrogen) atoms. The Morgan fingerprint density at radius 1 is 0.951 bits per heavy atom. The molecule has 4 nitrogen and oxygen atoms in total. The van der Waals surface area contributed by atoms with Crippen molar-refractivity contribution in [2.24, 2.45) is 11.3 Å². The van der Waals surface area contributed by atoms with Crippen LogP contribution >= 0.6 is 0 Å². The molecule has 4 atom stereocenters. The van der Waals surface area contributed by atoms with Crippen LogP contribution in [0, 0.1) is 32.1 Å². The molecule has 0 aromatic heterocycles. The lowest BCUT2D eigenvalue weighted by atomic mass is 9.44. The number of ether oxygens (including phenoxy) is 1. The van der Waals surface area contributed by atoms with Gasteiger partial charge >= 0.3 is 0 Å². The standard InChI is InChI=1S/C37H38O4/c1-7-37-30(28-17-19(2)16-22-8-9-23-20(3)31(38)14-12-25(23)33(22)28)18-29(36(5,40)35(37)39)27-11-10-24-21(4)32(41-6)15-13-26(24)34(27)37/h7,12-17,29-30,38,40H,1,8-11,18H2,2-6H3/t29-,30+,36-,37+/m1/s1. The van der Waals surface area contributed by atoms with Gasteiger partial charge in [-0.25, -0.2) is 0 Å². The third-order valence-electron chi connectivity index (χ3n) is 10.9. The van der Waals surface area contributed by atoms with Crippen LogP contribution < -0.4 is 4.74 Å². The molecular weight excluding hydrogens is 508 g/mol. The number of carbonyl (C=O) groups is 1. The summed E-state index contributed by atoms with van der Waals surface area (Å²) < 4.78 is 5.67. The highest BCUT2D eigenvalue weighted by molar-refractivity contribution is 6.10. The molecule has 2 N–H and O–H groups in total. The minimum atomic E-state index is -1.45. The maximum absolute atomic E-state index is 14.7. The summed E-state index contributed by atoms with van der Waals surface area (Å²) in [5.74, 6) is 0.617. The van der Waals surface area contributed by atoms with Crippen molar-refractivity contribution < 1.29 is 19.7 Å². The van der Waals surface area contributed by atoms with Crippen molar-refractivity contribution in [3.63, 3.8) is 0 Å². The first-order valence-corrected chi connectivity index (χ1v) is 14.8. The van der Waals surface area contributed by atoms with Gasteiger partial charge in [-0.05, 0) is 128 Å². The number of phenolic OH excluding ortho intramolecular Hbond substituents is 1. The zero-order valence-electron chi connectivity index (χ0n) is 24.6. The van der Waals surface area contributed by atoms with Gasteiger partial charge in [-0.2, -0.15) is 0 Å². The number of carbonyl (C=O) groups excluding carboxylic acids is 1. The van der Waals surface area contributed by atoms with E-state index in [-0.39, 0.29) is 17.6 Å². The monoisotopic (exact) mass is 546 g/mol. The van der Waals surface area contributed by atoms with E-state index in [1.807, 2.05) is 25.1 Å². The molecule has 0 heterocycles. The number of aryl methyl sites for hydroxylation is 2. The SMILES string of the molecule is C=C[C@]12C(=O)[C@](C)(O)[C@H](C[C@H]1c1cc(C)cc3c1-c1ccc(O)c(C)c1CC3)C1=C2c2ccc(OC)c(C)c2CC1. The third kappa shape index (κ3) is 3.23. The molecule has 0 spiro atoms. The summed E-state index contributed by atoms with van der Waals surface area (Å²) in [7, 11) is 1.70. The Hall–Kier alpha value is -3.63. The molecule has 5 aliphatic carbocycles. The largest absolute Gasteiger partial charge is 0.508 e. The summed E-state index contributed by atoms with van der Waals surface area (Å²) in [5.41, 5.74) is 11.3. The summed E-state index contributed by atoms with van der Waals surface area (Å²) >= 11 is 0. The van der Waals surface area contributed by atoms with Crippen LogP contribution in [0.1, 0.15) is 70.2 Å².